The van der Waals surface area contributed by atoms with Gasteiger partial charge in [0.05, 0.1) is 23.8 Å². The third-order valence-electron chi connectivity index (χ3n) is 5.41. The topological polar surface area (TPSA) is 114 Å². The van der Waals surface area contributed by atoms with Gasteiger partial charge in [-0.2, -0.15) is 4.98 Å². The van der Waals surface area contributed by atoms with E-state index in [4.69, 9.17) is 14.0 Å². The van der Waals surface area contributed by atoms with Crippen LogP contribution in [-0.2, 0) is 21.1 Å². The minimum Gasteiger partial charge on any atom is -0.491 e. The number of sulfone groups is 1. The van der Waals surface area contributed by atoms with Gasteiger partial charge in [-0.1, -0.05) is 24.2 Å². The summed E-state index contributed by atoms with van der Waals surface area (Å²) in [4.78, 5) is 17.2. The molecule has 0 fully saturated rings. The first-order valence-electron chi connectivity index (χ1n) is 11.5. The van der Waals surface area contributed by atoms with E-state index < -0.39 is 9.84 Å². The molecule has 0 unspecified atom stereocenters. The Hall–Kier alpha value is -3.76. The fourth-order valence-corrected chi connectivity index (χ4v) is 4.93. The van der Waals surface area contributed by atoms with Crippen LogP contribution in [0, 0.1) is 0 Å². The molecule has 0 aliphatic carbocycles. The quantitative estimate of drug-likeness (QED) is 0.280. The first-order valence-corrected chi connectivity index (χ1v) is 13.1. The highest BCUT2D eigenvalue weighted by atomic mass is 32.2. The number of aromatic nitrogens is 3. The molecule has 0 aliphatic rings. The minimum absolute atomic E-state index is 0.0951. The van der Waals surface area contributed by atoms with Crippen LogP contribution >= 0.6 is 0 Å². The zero-order valence-corrected chi connectivity index (χ0v) is 20.9. The molecule has 2 aromatic heterocycles. The zero-order chi connectivity index (χ0) is 25.5. The maximum absolute atomic E-state index is 12.5. The van der Waals surface area contributed by atoms with Crippen molar-refractivity contribution in [1.82, 2.24) is 14.7 Å². The van der Waals surface area contributed by atoms with Gasteiger partial charge in [0, 0.05) is 30.5 Å². The molecule has 0 atom stereocenters. The summed E-state index contributed by atoms with van der Waals surface area (Å²) in [7, 11) is -1.69. The molecular weight excluding hydrogens is 482 g/mol. The number of rotatable bonds is 11. The van der Waals surface area contributed by atoms with Crippen molar-refractivity contribution < 1.29 is 22.4 Å². The largest absolute Gasteiger partial charge is 0.491 e. The lowest BCUT2D eigenvalue weighted by atomic mass is 10.2. The molecule has 0 amide bonds. The first kappa shape index (κ1) is 25.3. The Kier molecular flexibility index (Phi) is 7.97. The van der Waals surface area contributed by atoms with Gasteiger partial charge in [0.15, 0.2) is 9.84 Å². The number of pyridine rings is 1. The SMILES string of the molecule is CCCS(=O)(=O)c1ccc(-c2nc(-c3ccc(=O)n(Cc4cccc(OCCOC)c4)c3)no2)cc1. The summed E-state index contributed by atoms with van der Waals surface area (Å²) in [6, 6.07) is 17.0. The van der Waals surface area contributed by atoms with E-state index in [2.05, 4.69) is 10.1 Å². The van der Waals surface area contributed by atoms with E-state index in [0.29, 0.717) is 48.9 Å². The molecule has 0 aliphatic heterocycles. The van der Waals surface area contributed by atoms with Gasteiger partial charge in [0.2, 0.25) is 5.82 Å². The van der Waals surface area contributed by atoms with Crippen LogP contribution in [0.4, 0.5) is 0 Å². The van der Waals surface area contributed by atoms with Gasteiger partial charge in [-0.25, -0.2) is 8.42 Å². The maximum atomic E-state index is 12.5. The molecule has 10 heteroatoms. The number of benzene rings is 2. The lowest BCUT2D eigenvalue weighted by molar-refractivity contribution is 0.146. The molecule has 2 aromatic carbocycles. The summed E-state index contributed by atoms with van der Waals surface area (Å²) in [5, 5.41) is 4.05. The molecule has 0 saturated carbocycles. The third kappa shape index (κ3) is 6.07. The second-order valence-electron chi connectivity index (χ2n) is 8.14. The van der Waals surface area contributed by atoms with E-state index in [0.717, 1.165) is 5.56 Å². The molecule has 36 heavy (non-hydrogen) atoms. The first-order chi connectivity index (χ1) is 17.4. The Bertz CT molecular complexity index is 1480. The maximum Gasteiger partial charge on any atom is 0.258 e. The van der Waals surface area contributed by atoms with E-state index in [1.807, 2.05) is 31.2 Å². The Labute approximate surface area is 209 Å². The summed E-state index contributed by atoms with van der Waals surface area (Å²) in [6.07, 6.45) is 2.22. The average Bonchev–Trinajstić information content (AvgIpc) is 3.36. The minimum atomic E-state index is -3.30. The predicted octanol–water partition coefficient (Wildman–Crippen LogP) is 3.82. The van der Waals surface area contributed by atoms with Crippen molar-refractivity contribution in [3.05, 3.63) is 82.8 Å². The smallest absolute Gasteiger partial charge is 0.258 e. The van der Waals surface area contributed by atoms with Crippen LogP contribution in [0.5, 0.6) is 5.75 Å². The summed E-state index contributed by atoms with van der Waals surface area (Å²) >= 11 is 0. The van der Waals surface area contributed by atoms with Crippen molar-refractivity contribution in [2.75, 3.05) is 26.1 Å². The van der Waals surface area contributed by atoms with Crippen LogP contribution in [0.2, 0.25) is 0 Å². The van der Waals surface area contributed by atoms with Gasteiger partial charge < -0.3 is 18.6 Å². The van der Waals surface area contributed by atoms with E-state index >= 15 is 0 Å². The Morgan fingerprint density at radius 1 is 1.00 bits per heavy atom. The summed E-state index contributed by atoms with van der Waals surface area (Å²) in [6.45, 7) is 3.09. The summed E-state index contributed by atoms with van der Waals surface area (Å²) in [5.41, 5.74) is 1.94. The molecule has 4 rings (SSSR count). The van der Waals surface area contributed by atoms with Crippen LogP contribution < -0.4 is 10.3 Å². The highest BCUT2D eigenvalue weighted by Gasteiger charge is 2.16. The van der Waals surface area contributed by atoms with E-state index in [1.165, 1.54) is 18.2 Å². The number of ether oxygens (including phenoxy) is 2. The zero-order valence-electron chi connectivity index (χ0n) is 20.1. The Balaban J connectivity index is 1.53. The number of methoxy groups -OCH3 is 1. The molecule has 0 radical (unpaired) electrons. The van der Waals surface area contributed by atoms with Crippen molar-refractivity contribution in [1.29, 1.82) is 0 Å². The number of hydrogen-bond acceptors (Lipinski definition) is 8. The third-order valence-corrected chi connectivity index (χ3v) is 7.34. The fourth-order valence-electron chi connectivity index (χ4n) is 3.61. The molecule has 188 valence electrons. The molecule has 2 heterocycles. The van der Waals surface area contributed by atoms with Crippen molar-refractivity contribution in [2.24, 2.45) is 0 Å². The molecule has 4 aromatic rings. The van der Waals surface area contributed by atoms with Crippen LogP contribution in [0.1, 0.15) is 18.9 Å². The molecular formula is C26H27N3O6S. The number of hydrogen-bond donors (Lipinski definition) is 0. The van der Waals surface area contributed by atoms with Gasteiger partial charge in [-0.15, -0.1) is 0 Å². The van der Waals surface area contributed by atoms with Crippen LogP contribution in [0.25, 0.3) is 22.8 Å². The number of nitrogens with zero attached hydrogens (tertiary/aromatic N) is 3. The van der Waals surface area contributed by atoms with Gasteiger partial charge in [0.25, 0.3) is 11.4 Å². The lowest BCUT2D eigenvalue weighted by Gasteiger charge is -2.10. The standard InChI is InChI=1S/C26H27N3O6S/c1-3-15-36(31,32)23-10-7-20(8-11-23)26-27-25(28-35-26)21-9-12-24(30)29(18-21)17-19-5-4-6-22(16-19)34-14-13-33-2/h4-12,16,18H,3,13-15,17H2,1-2H3. The van der Waals surface area contributed by atoms with Crippen LogP contribution in [-0.4, -0.2) is 49.2 Å². The monoisotopic (exact) mass is 509 g/mol. The van der Waals surface area contributed by atoms with Gasteiger partial charge in [-0.3, -0.25) is 4.79 Å². The normalized spacial score (nSPS) is 11.5. The van der Waals surface area contributed by atoms with Crippen molar-refractivity contribution in [3.63, 3.8) is 0 Å². The van der Waals surface area contributed by atoms with Gasteiger partial charge in [-0.05, 0) is 54.4 Å². The Morgan fingerprint density at radius 2 is 1.78 bits per heavy atom. The fraction of sp³-hybridized carbons (Fsp3) is 0.269. The van der Waals surface area contributed by atoms with E-state index in [1.54, 1.807) is 36.1 Å². The second-order valence-corrected chi connectivity index (χ2v) is 10.2. The summed E-state index contributed by atoms with van der Waals surface area (Å²) in [5.74, 6) is 1.36. The van der Waals surface area contributed by atoms with Crippen LogP contribution in [0.15, 0.2) is 81.1 Å². The average molecular weight is 510 g/mol. The van der Waals surface area contributed by atoms with E-state index in [-0.39, 0.29) is 22.1 Å². The second kappa shape index (κ2) is 11.3. The lowest BCUT2D eigenvalue weighted by Crippen LogP contribution is -2.19. The molecule has 0 saturated heterocycles. The van der Waals surface area contributed by atoms with Gasteiger partial charge in [0.1, 0.15) is 12.4 Å². The van der Waals surface area contributed by atoms with Gasteiger partial charge >= 0.3 is 0 Å². The highest BCUT2D eigenvalue weighted by Crippen LogP contribution is 2.24. The molecule has 0 bridgehead atoms. The molecule has 0 N–H and O–H groups in total. The predicted molar refractivity (Wildman–Crippen MR) is 135 cm³/mol. The van der Waals surface area contributed by atoms with E-state index in [9.17, 15) is 13.2 Å². The molecule has 9 nitrogen and oxygen atoms in total. The Morgan fingerprint density at radius 3 is 2.53 bits per heavy atom. The van der Waals surface area contributed by atoms with Crippen molar-refractivity contribution in [2.45, 2.75) is 24.8 Å². The highest BCUT2D eigenvalue weighted by molar-refractivity contribution is 7.91. The van der Waals surface area contributed by atoms with Crippen molar-refractivity contribution in [3.8, 4) is 28.6 Å². The molecule has 0 spiro atoms. The summed E-state index contributed by atoms with van der Waals surface area (Å²) < 4.78 is 42.1. The van der Waals surface area contributed by atoms with Crippen LogP contribution in [0.3, 0.4) is 0 Å². The van der Waals surface area contributed by atoms with Crippen molar-refractivity contribution >= 4 is 9.84 Å².